The third kappa shape index (κ3) is 5.02. The van der Waals surface area contributed by atoms with Crippen molar-refractivity contribution in [3.8, 4) is 0 Å². The van der Waals surface area contributed by atoms with E-state index in [1.54, 1.807) is 0 Å². The number of hydrogen-bond acceptors (Lipinski definition) is 4. The molecule has 6 heteroatoms. The summed E-state index contributed by atoms with van der Waals surface area (Å²) in [4.78, 5) is 27.3. The van der Waals surface area contributed by atoms with Crippen molar-refractivity contribution in [3.63, 3.8) is 0 Å². The Balaban J connectivity index is 1.43. The lowest BCUT2D eigenvalue weighted by Crippen LogP contribution is -2.30. The summed E-state index contributed by atoms with van der Waals surface area (Å²) in [7, 11) is 0. The van der Waals surface area contributed by atoms with Crippen molar-refractivity contribution in [2.45, 2.75) is 32.5 Å². The predicted octanol–water partition coefficient (Wildman–Crippen LogP) is 2.82. The zero-order valence-electron chi connectivity index (χ0n) is 17.0. The van der Waals surface area contributed by atoms with Gasteiger partial charge in [-0.1, -0.05) is 54.6 Å². The largest absolute Gasteiger partial charge is 0.347 e. The Morgan fingerprint density at radius 1 is 0.867 bits per heavy atom. The lowest BCUT2D eigenvalue weighted by Gasteiger charge is -2.17. The van der Waals surface area contributed by atoms with Gasteiger partial charge in [-0.05, 0) is 48.7 Å². The highest BCUT2D eigenvalue weighted by Crippen LogP contribution is 2.16. The highest BCUT2D eigenvalue weighted by atomic mass is 16.2. The summed E-state index contributed by atoms with van der Waals surface area (Å²) in [6, 6.07) is 20.7. The Hall–Kier alpha value is -3.25. The van der Waals surface area contributed by atoms with Gasteiger partial charge in [0, 0.05) is 19.2 Å². The number of hydrogen-bond donors (Lipinski definition) is 1. The first-order chi connectivity index (χ1) is 14.7. The van der Waals surface area contributed by atoms with Crippen LogP contribution in [0.1, 0.15) is 40.0 Å². The highest BCUT2D eigenvalue weighted by molar-refractivity contribution is 5.91. The van der Waals surface area contributed by atoms with Crippen LogP contribution in [0.4, 0.5) is 0 Å². The zero-order valence-corrected chi connectivity index (χ0v) is 17.0. The minimum atomic E-state index is -0.284. The van der Waals surface area contributed by atoms with Crippen molar-refractivity contribution < 1.29 is 4.79 Å². The monoisotopic (exact) mass is 402 g/mol. The first-order valence-corrected chi connectivity index (χ1v) is 10.4. The number of amides is 1. The maximum Gasteiger partial charge on any atom is 0.271 e. The number of nitrogens with one attached hydrogen (secondary N) is 1. The normalized spacial score (nSPS) is 14.0. The second kappa shape index (κ2) is 9.50. The third-order valence-corrected chi connectivity index (χ3v) is 5.42. The molecule has 2 heterocycles. The second-order valence-corrected chi connectivity index (χ2v) is 7.63. The van der Waals surface area contributed by atoms with Gasteiger partial charge in [-0.3, -0.25) is 14.5 Å². The maximum absolute atomic E-state index is 12.7. The molecule has 30 heavy (non-hydrogen) atoms. The molecule has 1 aliphatic rings. The molecule has 0 unspecified atom stereocenters. The van der Waals surface area contributed by atoms with Crippen LogP contribution in [0.5, 0.6) is 0 Å². The van der Waals surface area contributed by atoms with Gasteiger partial charge in [0.2, 0.25) is 0 Å². The molecule has 2 aromatic carbocycles. The van der Waals surface area contributed by atoms with E-state index in [0.29, 0.717) is 13.1 Å². The first kappa shape index (κ1) is 20.0. The molecular weight excluding hydrogens is 376 g/mol. The molecule has 0 radical (unpaired) electrons. The van der Waals surface area contributed by atoms with E-state index in [-0.39, 0.29) is 17.2 Å². The summed E-state index contributed by atoms with van der Waals surface area (Å²) >= 11 is 0. The molecule has 4 rings (SSSR count). The van der Waals surface area contributed by atoms with Crippen LogP contribution in [0, 0.1) is 0 Å². The van der Waals surface area contributed by atoms with Crippen LogP contribution in [0.3, 0.4) is 0 Å². The van der Waals surface area contributed by atoms with E-state index in [1.165, 1.54) is 35.2 Å². The minimum Gasteiger partial charge on any atom is -0.347 e. The Labute approximate surface area is 176 Å². The maximum atomic E-state index is 12.7. The quantitative estimate of drug-likeness (QED) is 0.660. The molecule has 6 nitrogen and oxygen atoms in total. The van der Waals surface area contributed by atoms with E-state index in [0.717, 1.165) is 30.8 Å². The smallest absolute Gasteiger partial charge is 0.271 e. The number of carbonyl (C=O) groups is 1. The standard InChI is InChI=1S/C24H26N4O2/c29-23-13-12-22(26-28(23)17-19-8-2-1-3-9-19)24(30)25-16-20-10-4-5-11-21(20)18-27-14-6-7-15-27/h1-5,8-13H,6-7,14-18H2,(H,25,30). The van der Waals surface area contributed by atoms with E-state index in [1.807, 2.05) is 42.5 Å². The molecule has 3 aromatic rings. The molecule has 1 saturated heterocycles. The molecule has 0 atom stereocenters. The van der Waals surface area contributed by atoms with Gasteiger partial charge in [0.15, 0.2) is 0 Å². The first-order valence-electron chi connectivity index (χ1n) is 10.4. The van der Waals surface area contributed by atoms with Gasteiger partial charge in [-0.15, -0.1) is 0 Å². The van der Waals surface area contributed by atoms with Crippen LogP contribution in [0.15, 0.2) is 71.5 Å². The van der Waals surface area contributed by atoms with Crippen LogP contribution in [0.25, 0.3) is 0 Å². The Morgan fingerprint density at radius 2 is 1.57 bits per heavy atom. The minimum absolute atomic E-state index is 0.230. The van der Waals surface area contributed by atoms with Crippen molar-refractivity contribution in [1.29, 1.82) is 0 Å². The van der Waals surface area contributed by atoms with Gasteiger partial charge in [-0.2, -0.15) is 5.10 Å². The van der Waals surface area contributed by atoms with Gasteiger partial charge in [0.1, 0.15) is 5.69 Å². The summed E-state index contributed by atoms with van der Waals surface area (Å²) < 4.78 is 1.32. The lowest BCUT2D eigenvalue weighted by molar-refractivity contribution is 0.0943. The number of carbonyl (C=O) groups excluding carboxylic acids is 1. The molecule has 0 spiro atoms. The van der Waals surface area contributed by atoms with Gasteiger partial charge >= 0.3 is 0 Å². The third-order valence-electron chi connectivity index (χ3n) is 5.42. The summed E-state index contributed by atoms with van der Waals surface area (Å²) in [5, 5.41) is 7.23. The average Bonchev–Trinajstić information content (AvgIpc) is 3.28. The molecule has 1 N–H and O–H groups in total. The highest BCUT2D eigenvalue weighted by Gasteiger charge is 2.15. The van der Waals surface area contributed by atoms with E-state index in [4.69, 9.17) is 0 Å². The fourth-order valence-corrected chi connectivity index (χ4v) is 3.77. The van der Waals surface area contributed by atoms with Crippen LogP contribution in [-0.2, 0) is 19.6 Å². The number of aromatic nitrogens is 2. The van der Waals surface area contributed by atoms with Crippen molar-refractivity contribution in [2.24, 2.45) is 0 Å². The molecule has 154 valence electrons. The van der Waals surface area contributed by atoms with Gasteiger partial charge in [0.05, 0.1) is 6.54 Å². The second-order valence-electron chi connectivity index (χ2n) is 7.63. The molecule has 1 aromatic heterocycles. The Bertz CT molecular complexity index is 1060. The summed E-state index contributed by atoms with van der Waals surface area (Å²) in [5.74, 6) is -0.284. The molecule has 1 fully saturated rings. The molecule has 1 aliphatic heterocycles. The summed E-state index contributed by atoms with van der Waals surface area (Å²) in [5.41, 5.74) is 3.31. The zero-order chi connectivity index (χ0) is 20.8. The number of rotatable bonds is 7. The van der Waals surface area contributed by atoms with Gasteiger partial charge < -0.3 is 5.32 Å². The number of benzene rings is 2. The van der Waals surface area contributed by atoms with Crippen LogP contribution >= 0.6 is 0 Å². The van der Waals surface area contributed by atoms with Gasteiger partial charge in [0.25, 0.3) is 11.5 Å². The number of nitrogens with zero attached hydrogens (tertiary/aromatic N) is 3. The summed E-state index contributed by atoms with van der Waals surface area (Å²) in [6.45, 7) is 3.94. The lowest BCUT2D eigenvalue weighted by atomic mass is 10.1. The van der Waals surface area contributed by atoms with Crippen LogP contribution in [0.2, 0.25) is 0 Å². The Kier molecular flexibility index (Phi) is 6.35. The summed E-state index contributed by atoms with van der Waals surface area (Å²) in [6.07, 6.45) is 2.51. The van der Waals surface area contributed by atoms with Crippen molar-refractivity contribution in [1.82, 2.24) is 20.0 Å². The predicted molar refractivity (Wildman–Crippen MR) is 116 cm³/mol. The number of likely N-dealkylation sites (tertiary alicyclic amines) is 1. The van der Waals surface area contributed by atoms with E-state index in [2.05, 4.69) is 27.4 Å². The Morgan fingerprint density at radius 3 is 2.33 bits per heavy atom. The van der Waals surface area contributed by atoms with Crippen molar-refractivity contribution >= 4 is 5.91 Å². The van der Waals surface area contributed by atoms with Crippen molar-refractivity contribution in [3.05, 3.63) is 99.5 Å². The molecular formula is C24H26N4O2. The van der Waals surface area contributed by atoms with Crippen LogP contribution in [-0.4, -0.2) is 33.7 Å². The van der Waals surface area contributed by atoms with Gasteiger partial charge in [-0.25, -0.2) is 4.68 Å². The fourth-order valence-electron chi connectivity index (χ4n) is 3.77. The van der Waals surface area contributed by atoms with E-state index < -0.39 is 0 Å². The SMILES string of the molecule is O=C(NCc1ccccc1CN1CCCC1)c1ccc(=O)n(Cc2ccccc2)n1. The molecule has 1 amide bonds. The average molecular weight is 402 g/mol. The molecule has 0 aliphatic carbocycles. The topological polar surface area (TPSA) is 67.2 Å². The van der Waals surface area contributed by atoms with E-state index >= 15 is 0 Å². The fraction of sp³-hybridized carbons (Fsp3) is 0.292. The van der Waals surface area contributed by atoms with E-state index in [9.17, 15) is 9.59 Å². The molecule has 0 saturated carbocycles. The van der Waals surface area contributed by atoms with Crippen LogP contribution < -0.4 is 10.9 Å². The van der Waals surface area contributed by atoms with Crippen molar-refractivity contribution in [2.75, 3.05) is 13.1 Å². The molecule has 0 bridgehead atoms.